The molecule has 2 rings (SSSR count). The molecule has 1 amide bonds. The fraction of sp³-hybridized carbons (Fsp3) is 0.500. The number of anilines is 1. The fourth-order valence-electron chi connectivity index (χ4n) is 2.15. The predicted octanol–water partition coefficient (Wildman–Crippen LogP) is 2.88. The first-order valence-corrected chi connectivity index (χ1v) is 7.56. The molecule has 1 fully saturated rings. The average molecular weight is 264 g/mol. The third kappa shape index (κ3) is 3.50. The number of carbonyl (C=O) groups is 1. The Morgan fingerprint density at radius 1 is 1.44 bits per heavy atom. The molecule has 2 N–H and O–H groups in total. The first-order valence-electron chi connectivity index (χ1n) is 6.57. The van der Waals surface area contributed by atoms with Gasteiger partial charge in [0.2, 0.25) is 5.91 Å². The van der Waals surface area contributed by atoms with Gasteiger partial charge in [0.25, 0.3) is 0 Å². The molecule has 1 aliphatic rings. The van der Waals surface area contributed by atoms with Crippen molar-refractivity contribution in [2.45, 2.75) is 37.1 Å². The smallest absolute Gasteiger partial charge is 0.241 e. The summed E-state index contributed by atoms with van der Waals surface area (Å²) in [5.41, 5.74) is 0.932. The number of thioether (sulfide) groups is 1. The molecule has 98 valence electrons. The van der Waals surface area contributed by atoms with E-state index in [4.69, 9.17) is 0 Å². The van der Waals surface area contributed by atoms with Crippen LogP contribution in [-0.4, -0.2) is 24.2 Å². The Balaban J connectivity index is 2.01. The molecule has 1 atom stereocenters. The standard InChI is InChI=1S/C14H20N2OS/c1-2-18-13-9-4-3-7-11(13)16-14(17)12-8-5-6-10-15-12/h3-4,7,9,12,15H,2,5-6,8,10H2,1H3,(H,16,17). The van der Waals surface area contributed by atoms with E-state index in [1.807, 2.05) is 18.2 Å². The summed E-state index contributed by atoms with van der Waals surface area (Å²) in [6.07, 6.45) is 3.25. The molecule has 3 nitrogen and oxygen atoms in total. The number of para-hydroxylation sites is 1. The Labute approximate surface area is 113 Å². The van der Waals surface area contributed by atoms with Crippen LogP contribution in [0.5, 0.6) is 0 Å². The minimum atomic E-state index is -0.0292. The van der Waals surface area contributed by atoms with E-state index in [2.05, 4.69) is 23.6 Å². The number of nitrogens with one attached hydrogen (secondary N) is 2. The molecule has 0 radical (unpaired) electrons. The van der Waals surface area contributed by atoms with E-state index in [0.717, 1.165) is 35.7 Å². The van der Waals surface area contributed by atoms with Crippen LogP contribution in [0.1, 0.15) is 26.2 Å². The first-order chi connectivity index (χ1) is 8.81. The molecule has 4 heteroatoms. The highest BCUT2D eigenvalue weighted by Crippen LogP contribution is 2.26. The Morgan fingerprint density at radius 2 is 2.28 bits per heavy atom. The minimum Gasteiger partial charge on any atom is -0.324 e. The Bertz CT molecular complexity index is 403. The topological polar surface area (TPSA) is 41.1 Å². The number of benzene rings is 1. The van der Waals surface area contributed by atoms with E-state index in [1.165, 1.54) is 6.42 Å². The van der Waals surface area contributed by atoms with Crippen molar-refractivity contribution in [1.29, 1.82) is 0 Å². The molecule has 0 aliphatic carbocycles. The number of hydrogen-bond donors (Lipinski definition) is 2. The van der Waals surface area contributed by atoms with Gasteiger partial charge in [-0.25, -0.2) is 0 Å². The molecule has 1 unspecified atom stereocenters. The zero-order chi connectivity index (χ0) is 12.8. The number of carbonyl (C=O) groups excluding carboxylic acids is 1. The summed E-state index contributed by atoms with van der Waals surface area (Å²) < 4.78 is 0. The lowest BCUT2D eigenvalue weighted by molar-refractivity contribution is -0.118. The maximum Gasteiger partial charge on any atom is 0.241 e. The quantitative estimate of drug-likeness (QED) is 0.822. The molecule has 1 heterocycles. The molecule has 0 spiro atoms. The number of hydrogen-bond acceptors (Lipinski definition) is 3. The van der Waals surface area contributed by atoms with Gasteiger partial charge in [0.15, 0.2) is 0 Å². The van der Waals surface area contributed by atoms with Gasteiger partial charge < -0.3 is 10.6 Å². The predicted molar refractivity (Wildman–Crippen MR) is 77.1 cm³/mol. The van der Waals surface area contributed by atoms with E-state index in [0.29, 0.717) is 0 Å². The SMILES string of the molecule is CCSc1ccccc1NC(=O)C1CCCCN1. The van der Waals surface area contributed by atoms with Gasteiger partial charge >= 0.3 is 0 Å². The first kappa shape index (κ1) is 13.4. The normalized spacial score (nSPS) is 19.5. The van der Waals surface area contributed by atoms with Crippen molar-refractivity contribution in [2.75, 3.05) is 17.6 Å². The van der Waals surface area contributed by atoms with Gasteiger partial charge in [-0.15, -0.1) is 11.8 Å². The van der Waals surface area contributed by atoms with Crippen LogP contribution < -0.4 is 10.6 Å². The summed E-state index contributed by atoms with van der Waals surface area (Å²) in [6.45, 7) is 3.06. The Kier molecular flexibility index (Phi) is 5.08. The van der Waals surface area contributed by atoms with Gasteiger partial charge in [0, 0.05) is 4.90 Å². The van der Waals surface area contributed by atoms with Crippen molar-refractivity contribution in [3.05, 3.63) is 24.3 Å². The van der Waals surface area contributed by atoms with Crippen LogP contribution in [0.2, 0.25) is 0 Å². The van der Waals surface area contributed by atoms with Gasteiger partial charge in [-0.1, -0.05) is 25.5 Å². The minimum absolute atomic E-state index is 0.0292. The zero-order valence-electron chi connectivity index (χ0n) is 10.7. The van der Waals surface area contributed by atoms with Crippen LogP contribution in [0.4, 0.5) is 5.69 Å². The molecule has 18 heavy (non-hydrogen) atoms. The molecule has 0 aromatic heterocycles. The van der Waals surface area contributed by atoms with Crippen molar-refractivity contribution in [3.63, 3.8) is 0 Å². The Hall–Kier alpha value is -1.00. The average Bonchev–Trinajstić information content (AvgIpc) is 2.42. The molecular formula is C14H20N2OS. The number of rotatable bonds is 4. The van der Waals surface area contributed by atoms with Gasteiger partial charge in [-0.3, -0.25) is 4.79 Å². The van der Waals surface area contributed by atoms with Crippen molar-refractivity contribution in [1.82, 2.24) is 5.32 Å². The summed E-state index contributed by atoms with van der Waals surface area (Å²) >= 11 is 1.76. The van der Waals surface area contributed by atoms with Crippen LogP contribution >= 0.6 is 11.8 Å². The number of piperidine rings is 1. The third-order valence-corrected chi connectivity index (χ3v) is 4.03. The lowest BCUT2D eigenvalue weighted by Gasteiger charge is -2.23. The van der Waals surface area contributed by atoms with Gasteiger partial charge in [-0.05, 0) is 37.3 Å². The monoisotopic (exact) mass is 264 g/mol. The van der Waals surface area contributed by atoms with E-state index >= 15 is 0 Å². The molecule has 0 bridgehead atoms. The summed E-state index contributed by atoms with van der Waals surface area (Å²) in [7, 11) is 0. The highest BCUT2D eigenvalue weighted by molar-refractivity contribution is 7.99. The van der Waals surface area contributed by atoms with Crippen molar-refractivity contribution in [2.24, 2.45) is 0 Å². The van der Waals surface area contributed by atoms with Crippen molar-refractivity contribution >= 4 is 23.4 Å². The summed E-state index contributed by atoms with van der Waals surface area (Å²) in [4.78, 5) is 13.3. The number of amides is 1. The highest BCUT2D eigenvalue weighted by atomic mass is 32.2. The van der Waals surface area contributed by atoms with Gasteiger partial charge in [-0.2, -0.15) is 0 Å². The van der Waals surface area contributed by atoms with E-state index in [-0.39, 0.29) is 11.9 Å². The second-order valence-electron chi connectivity index (χ2n) is 4.42. The van der Waals surface area contributed by atoms with Gasteiger partial charge in [0.1, 0.15) is 0 Å². The molecule has 1 aromatic carbocycles. The Morgan fingerprint density at radius 3 is 3.00 bits per heavy atom. The molecular weight excluding hydrogens is 244 g/mol. The maximum absolute atomic E-state index is 12.1. The van der Waals surface area contributed by atoms with Crippen LogP contribution in [0.25, 0.3) is 0 Å². The third-order valence-electron chi connectivity index (χ3n) is 3.07. The highest BCUT2D eigenvalue weighted by Gasteiger charge is 2.20. The molecule has 0 saturated carbocycles. The van der Waals surface area contributed by atoms with Crippen LogP contribution in [0, 0.1) is 0 Å². The lowest BCUT2D eigenvalue weighted by atomic mass is 10.0. The largest absolute Gasteiger partial charge is 0.324 e. The van der Waals surface area contributed by atoms with E-state index in [1.54, 1.807) is 11.8 Å². The summed E-state index contributed by atoms with van der Waals surface area (Å²) in [5.74, 6) is 1.10. The second kappa shape index (κ2) is 6.81. The van der Waals surface area contributed by atoms with E-state index < -0.39 is 0 Å². The summed E-state index contributed by atoms with van der Waals surface area (Å²) in [5, 5.41) is 6.31. The second-order valence-corrected chi connectivity index (χ2v) is 5.73. The zero-order valence-corrected chi connectivity index (χ0v) is 11.6. The lowest BCUT2D eigenvalue weighted by Crippen LogP contribution is -2.43. The van der Waals surface area contributed by atoms with Crippen LogP contribution in [0.15, 0.2) is 29.2 Å². The van der Waals surface area contributed by atoms with Crippen molar-refractivity contribution < 1.29 is 4.79 Å². The van der Waals surface area contributed by atoms with Crippen LogP contribution in [0.3, 0.4) is 0 Å². The van der Waals surface area contributed by atoms with E-state index in [9.17, 15) is 4.79 Å². The van der Waals surface area contributed by atoms with Gasteiger partial charge in [0.05, 0.1) is 11.7 Å². The molecule has 1 saturated heterocycles. The molecule has 1 aliphatic heterocycles. The fourth-order valence-corrected chi connectivity index (χ4v) is 2.91. The molecule has 1 aromatic rings. The summed E-state index contributed by atoms with van der Waals surface area (Å²) in [6, 6.07) is 7.96. The maximum atomic E-state index is 12.1. The van der Waals surface area contributed by atoms with Crippen LogP contribution in [-0.2, 0) is 4.79 Å². The van der Waals surface area contributed by atoms with Crippen molar-refractivity contribution in [3.8, 4) is 0 Å².